The Morgan fingerprint density at radius 2 is 0.906 bits per heavy atom. The lowest BCUT2D eigenvalue weighted by Gasteiger charge is -2.06. The van der Waals surface area contributed by atoms with Crippen LogP contribution in [0.15, 0.2) is 107 Å². The molecule has 0 aromatic heterocycles. The maximum Gasteiger partial charge on any atom is 0.0673 e. The SMILES string of the molecule is c1ccc2c(C3=Nc4cc5c(cc4C3)N=C(c3cccc4ccccc34)C5)cccc2c1. The Morgan fingerprint density at radius 1 is 0.469 bits per heavy atom. The van der Waals surface area contributed by atoms with Gasteiger partial charge in [0.15, 0.2) is 0 Å². The Labute approximate surface area is 186 Å². The van der Waals surface area contributed by atoms with Crippen LogP contribution in [-0.4, -0.2) is 11.4 Å². The Morgan fingerprint density at radius 3 is 1.41 bits per heavy atom. The molecule has 0 radical (unpaired) electrons. The van der Waals surface area contributed by atoms with Gasteiger partial charge in [-0.15, -0.1) is 0 Å². The molecule has 150 valence electrons. The van der Waals surface area contributed by atoms with E-state index in [4.69, 9.17) is 9.98 Å². The van der Waals surface area contributed by atoms with Crippen LogP contribution in [0.25, 0.3) is 21.5 Å². The molecule has 0 unspecified atom stereocenters. The van der Waals surface area contributed by atoms with Gasteiger partial charge in [-0.05, 0) is 44.8 Å². The van der Waals surface area contributed by atoms with E-state index in [1.165, 1.54) is 43.8 Å². The van der Waals surface area contributed by atoms with Gasteiger partial charge in [-0.3, -0.25) is 9.98 Å². The van der Waals surface area contributed by atoms with Crippen molar-refractivity contribution in [3.05, 3.63) is 119 Å². The third-order valence-electron chi connectivity index (χ3n) is 6.71. The quantitative estimate of drug-likeness (QED) is 0.292. The molecule has 0 saturated heterocycles. The summed E-state index contributed by atoms with van der Waals surface area (Å²) >= 11 is 0. The molecule has 2 heterocycles. The van der Waals surface area contributed by atoms with E-state index in [1.807, 2.05) is 0 Å². The van der Waals surface area contributed by atoms with Gasteiger partial charge in [0, 0.05) is 24.0 Å². The van der Waals surface area contributed by atoms with Gasteiger partial charge in [0.25, 0.3) is 0 Å². The van der Waals surface area contributed by atoms with E-state index < -0.39 is 0 Å². The van der Waals surface area contributed by atoms with Gasteiger partial charge in [-0.2, -0.15) is 0 Å². The second-order valence-corrected chi connectivity index (χ2v) is 8.63. The van der Waals surface area contributed by atoms with Gasteiger partial charge in [0.2, 0.25) is 0 Å². The number of rotatable bonds is 2. The smallest absolute Gasteiger partial charge is 0.0673 e. The predicted octanol–water partition coefficient (Wildman–Crippen LogP) is 7.35. The van der Waals surface area contributed by atoms with E-state index in [2.05, 4.69) is 97.1 Å². The Bertz CT molecular complexity index is 1490. The van der Waals surface area contributed by atoms with Gasteiger partial charge in [0.1, 0.15) is 0 Å². The van der Waals surface area contributed by atoms with Crippen LogP contribution in [0, 0.1) is 0 Å². The first-order chi connectivity index (χ1) is 15.8. The summed E-state index contributed by atoms with van der Waals surface area (Å²) in [6.07, 6.45) is 1.71. The largest absolute Gasteiger partial charge is 0.252 e. The molecule has 2 heteroatoms. The molecule has 0 aliphatic carbocycles. The van der Waals surface area contributed by atoms with Crippen LogP contribution in [-0.2, 0) is 12.8 Å². The second-order valence-electron chi connectivity index (χ2n) is 8.63. The van der Waals surface area contributed by atoms with E-state index in [9.17, 15) is 0 Å². The Hall–Kier alpha value is -4.04. The summed E-state index contributed by atoms with van der Waals surface area (Å²) in [7, 11) is 0. The van der Waals surface area contributed by atoms with Gasteiger partial charge in [-0.1, -0.05) is 84.9 Å². The average Bonchev–Trinajstić information content (AvgIpc) is 3.44. The summed E-state index contributed by atoms with van der Waals surface area (Å²) in [5.41, 5.74) is 9.52. The molecule has 2 nitrogen and oxygen atoms in total. The van der Waals surface area contributed by atoms with Crippen LogP contribution in [0.2, 0.25) is 0 Å². The van der Waals surface area contributed by atoms with Crippen LogP contribution in [0.5, 0.6) is 0 Å². The molecule has 5 aromatic rings. The lowest BCUT2D eigenvalue weighted by molar-refractivity contribution is 1.33. The number of benzene rings is 5. The van der Waals surface area contributed by atoms with E-state index >= 15 is 0 Å². The summed E-state index contributed by atoms with van der Waals surface area (Å²) in [5, 5.41) is 5.06. The Balaban J connectivity index is 1.26. The van der Waals surface area contributed by atoms with Crippen molar-refractivity contribution in [2.75, 3.05) is 0 Å². The molecule has 0 spiro atoms. The van der Waals surface area contributed by atoms with Crippen molar-refractivity contribution in [1.82, 2.24) is 0 Å². The zero-order chi connectivity index (χ0) is 21.1. The van der Waals surface area contributed by atoms with Crippen LogP contribution in [0.1, 0.15) is 22.3 Å². The molecule has 0 bridgehead atoms. The minimum atomic E-state index is 0.857. The summed E-state index contributed by atoms with van der Waals surface area (Å²) in [5.74, 6) is 0. The monoisotopic (exact) mass is 408 g/mol. The first-order valence-corrected chi connectivity index (χ1v) is 11.1. The van der Waals surface area contributed by atoms with Crippen molar-refractivity contribution in [2.45, 2.75) is 12.8 Å². The zero-order valence-corrected chi connectivity index (χ0v) is 17.5. The topological polar surface area (TPSA) is 24.7 Å². The lowest BCUT2D eigenvalue weighted by atomic mass is 9.96. The minimum Gasteiger partial charge on any atom is -0.252 e. The molecule has 32 heavy (non-hydrogen) atoms. The molecule has 0 saturated carbocycles. The number of hydrogen-bond acceptors (Lipinski definition) is 2. The number of fused-ring (bicyclic) bond motifs is 4. The van der Waals surface area contributed by atoms with Crippen LogP contribution >= 0.6 is 0 Å². The van der Waals surface area contributed by atoms with Gasteiger partial charge in [-0.25, -0.2) is 0 Å². The van der Waals surface area contributed by atoms with Crippen LogP contribution in [0.3, 0.4) is 0 Å². The van der Waals surface area contributed by atoms with Crippen molar-refractivity contribution < 1.29 is 0 Å². The van der Waals surface area contributed by atoms with Crippen molar-refractivity contribution in [1.29, 1.82) is 0 Å². The molecule has 0 atom stereocenters. The van der Waals surface area contributed by atoms with Gasteiger partial charge in [0.05, 0.1) is 22.8 Å². The minimum absolute atomic E-state index is 0.857. The molecular formula is C30H20N2. The highest BCUT2D eigenvalue weighted by Crippen LogP contribution is 2.39. The third-order valence-corrected chi connectivity index (χ3v) is 6.71. The van der Waals surface area contributed by atoms with Crippen molar-refractivity contribution >= 4 is 44.3 Å². The molecule has 0 N–H and O–H groups in total. The fourth-order valence-corrected chi connectivity index (χ4v) is 5.15. The van der Waals surface area contributed by atoms with E-state index in [0.29, 0.717) is 0 Å². The molecular weight excluding hydrogens is 388 g/mol. The first kappa shape index (κ1) is 17.6. The molecule has 7 rings (SSSR count). The highest BCUT2D eigenvalue weighted by Gasteiger charge is 2.24. The summed E-state index contributed by atoms with van der Waals surface area (Å²) < 4.78 is 0. The maximum absolute atomic E-state index is 5.06. The van der Waals surface area contributed by atoms with Crippen LogP contribution in [0.4, 0.5) is 11.4 Å². The average molecular weight is 409 g/mol. The summed E-state index contributed by atoms with van der Waals surface area (Å²) in [6.45, 7) is 0. The van der Waals surface area contributed by atoms with E-state index in [1.54, 1.807) is 0 Å². The highest BCUT2D eigenvalue weighted by atomic mass is 14.8. The zero-order valence-electron chi connectivity index (χ0n) is 17.5. The standard InChI is InChI=1S/C30H20N2/c1-3-11-23-19(7-1)9-5-13-25(23)29-17-21-15-28-22(16-27(21)31-29)18-30(32-28)26-14-6-10-20-8-2-4-12-24(20)26/h1-16H,17-18H2. The van der Waals surface area contributed by atoms with E-state index in [-0.39, 0.29) is 0 Å². The van der Waals surface area contributed by atoms with Gasteiger partial charge >= 0.3 is 0 Å². The molecule has 2 aliphatic rings. The van der Waals surface area contributed by atoms with Crippen LogP contribution < -0.4 is 0 Å². The predicted molar refractivity (Wildman–Crippen MR) is 134 cm³/mol. The second kappa shape index (κ2) is 6.73. The van der Waals surface area contributed by atoms with E-state index in [0.717, 1.165) is 35.6 Å². The highest BCUT2D eigenvalue weighted by molar-refractivity contribution is 6.16. The number of hydrogen-bond donors (Lipinski definition) is 0. The normalized spacial score (nSPS) is 14.4. The Kier molecular flexibility index (Phi) is 3.71. The maximum atomic E-state index is 5.06. The van der Waals surface area contributed by atoms with Crippen molar-refractivity contribution in [3.8, 4) is 0 Å². The summed E-state index contributed by atoms with van der Waals surface area (Å²) in [6, 6.07) is 34.6. The molecule has 0 fully saturated rings. The molecule has 2 aliphatic heterocycles. The van der Waals surface area contributed by atoms with Gasteiger partial charge < -0.3 is 0 Å². The molecule has 5 aromatic carbocycles. The lowest BCUT2D eigenvalue weighted by Crippen LogP contribution is -2.01. The number of nitrogens with zero attached hydrogens (tertiary/aromatic N) is 2. The fourth-order valence-electron chi connectivity index (χ4n) is 5.15. The first-order valence-electron chi connectivity index (χ1n) is 11.1. The third kappa shape index (κ3) is 2.66. The van der Waals surface area contributed by atoms with Crippen molar-refractivity contribution in [3.63, 3.8) is 0 Å². The molecule has 0 amide bonds. The fraction of sp³-hybridized carbons (Fsp3) is 0.0667. The summed E-state index contributed by atoms with van der Waals surface area (Å²) in [4.78, 5) is 10.1. The number of aliphatic imine (C=N–C) groups is 2. The van der Waals surface area contributed by atoms with Crippen molar-refractivity contribution in [2.24, 2.45) is 9.98 Å².